The van der Waals surface area contributed by atoms with Crippen LogP contribution < -0.4 is 0 Å². The summed E-state index contributed by atoms with van der Waals surface area (Å²) in [6, 6.07) is 10.2. The van der Waals surface area contributed by atoms with E-state index in [4.69, 9.17) is 0 Å². The van der Waals surface area contributed by atoms with Crippen molar-refractivity contribution in [3.05, 3.63) is 35.4 Å². The molecule has 3 nitrogen and oxygen atoms in total. The zero-order valence-corrected chi connectivity index (χ0v) is 13.9. The third-order valence-electron chi connectivity index (χ3n) is 5.40. The van der Waals surface area contributed by atoms with Crippen molar-refractivity contribution < 1.29 is 5.11 Å². The third-order valence-corrected chi connectivity index (χ3v) is 5.40. The van der Waals surface area contributed by atoms with E-state index in [0.717, 1.165) is 32.1 Å². The first kappa shape index (κ1) is 16.0. The van der Waals surface area contributed by atoms with Crippen molar-refractivity contribution in [2.24, 2.45) is 0 Å². The van der Waals surface area contributed by atoms with E-state index in [1.54, 1.807) is 0 Å². The Morgan fingerprint density at radius 1 is 1.09 bits per heavy atom. The number of aliphatic hydroxyl groups is 1. The molecule has 1 aliphatic heterocycles. The molecule has 1 atom stereocenters. The van der Waals surface area contributed by atoms with Crippen LogP contribution in [-0.2, 0) is 6.54 Å². The zero-order chi connectivity index (χ0) is 15.4. The predicted octanol–water partition coefficient (Wildman–Crippen LogP) is 2.81. The Labute approximate surface area is 134 Å². The molecule has 1 aromatic carbocycles. The van der Waals surface area contributed by atoms with Gasteiger partial charge in [-0.1, -0.05) is 42.7 Å². The van der Waals surface area contributed by atoms with E-state index in [2.05, 4.69) is 41.0 Å². The number of aliphatic hydroxyl groups excluding tert-OH is 1. The van der Waals surface area contributed by atoms with Crippen molar-refractivity contribution in [1.82, 2.24) is 9.80 Å². The van der Waals surface area contributed by atoms with Gasteiger partial charge in [-0.05, 0) is 31.7 Å². The van der Waals surface area contributed by atoms with Gasteiger partial charge in [-0.25, -0.2) is 0 Å². The Bertz CT molecular complexity index is 453. The van der Waals surface area contributed by atoms with Crippen molar-refractivity contribution in [3.63, 3.8) is 0 Å². The summed E-state index contributed by atoms with van der Waals surface area (Å²) >= 11 is 0. The number of piperazine rings is 1. The second-order valence-electron chi connectivity index (χ2n) is 7.06. The van der Waals surface area contributed by atoms with Crippen LogP contribution in [0.3, 0.4) is 0 Å². The first-order chi connectivity index (χ1) is 10.8. The number of rotatable bonds is 5. The minimum Gasteiger partial charge on any atom is -0.396 e. The number of hydrogen-bond acceptors (Lipinski definition) is 3. The molecule has 0 radical (unpaired) electrons. The van der Waals surface area contributed by atoms with E-state index in [1.165, 1.54) is 43.4 Å². The van der Waals surface area contributed by atoms with Crippen molar-refractivity contribution in [2.45, 2.75) is 57.7 Å². The molecule has 3 rings (SSSR count). The summed E-state index contributed by atoms with van der Waals surface area (Å²) in [5.74, 6) is 0. The molecular weight excluding hydrogens is 272 g/mol. The first-order valence-corrected chi connectivity index (χ1v) is 8.91. The van der Waals surface area contributed by atoms with E-state index in [9.17, 15) is 5.11 Å². The summed E-state index contributed by atoms with van der Waals surface area (Å²) in [7, 11) is 0. The van der Waals surface area contributed by atoms with E-state index in [-0.39, 0.29) is 0 Å². The van der Waals surface area contributed by atoms with Crippen molar-refractivity contribution >= 4 is 0 Å². The molecule has 0 unspecified atom stereocenters. The van der Waals surface area contributed by atoms with Crippen LogP contribution >= 0.6 is 0 Å². The van der Waals surface area contributed by atoms with Crippen LogP contribution in [0.4, 0.5) is 0 Å². The van der Waals surface area contributed by atoms with Gasteiger partial charge in [0, 0.05) is 44.9 Å². The highest BCUT2D eigenvalue weighted by Crippen LogP contribution is 2.28. The van der Waals surface area contributed by atoms with E-state index in [0.29, 0.717) is 12.6 Å². The SMILES string of the molecule is Cc1ccc(CN2CCN(C3CCCC3)[C@H](CCO)C2)cc1. The second kappa shape index (κ2) is 7.58. The molecule has 1 aromatic rings. The minimum absolute atomic E-state index is 0.312. The molecule has 2 aliphatic rings. The number of hydrogen-bond donors (Lipinski definition) is 1. The Morgan fingerprint density at radius 3 is 2.50 bits per heavy atom. The maximum absolute atomic E-state index is 9.44. The van der Waals surface area contributed by atoms with Gasteiger partial charge in [0.1, 0.15) is 0 Å². The monoisotopic (exact) mass is 302 g/mol. The second-order valence-corrected chi connectivity index (χ2v) is 7.06. The highest BCUT2D eigenvalue weighted by Gasteiger charge is 2.32. The molecule has 1 saturated heterocycles. The summed E-state index contributed by atoms with van der Waals surface area (Å²) in [5, 5.41) is 9.44. The lowest BCUT2D eigenvalue weighted by Gasteiger charge is -2.44. The lowest BCUT2D eigenvalue weighted by molar-refractivity contribution is 0.0267. The van der Waals surface area contributed by atoms with Gasteiger partial charge in [-0.2, -0.15) is 0 Å². The smallest absolute Gasteiger partial charge is 0.0446 e. The average Bonchev–Trinajstić information content (AvgIpc) is 3.04. The normalized spacial score (nSPS) is 24.9. The maximum atomic E-state index is 9.44. The van der Waals surface area contributed by atoms with Gasteiger partial charge in [-0.15, -0.1) is 0 Å². The van der Waals surface area contributed by atoms with Gasteiger partial charge in [0.15, 0.2) is 0 Å². The van der Waals surface area contributed by atoms with Crippen LogP contribution in [-0.4, -0.2) is 53.2 Å². The topological polar surface area (TPSA) is 26.7 Å². The first-order valence-electron chi connectivity index (χ1n) is 8.91. The minimum atomic E-state index is 0.312. The van der Waals surface area contributed by atoms with Gasteiger partial charge < -0.3 is 5.11 Å². The lowest BCUT2D eigenvalue weighted by Crippen LogP contribution is -2.55. The Kier molecular flexibility index (Phi) is 5.51. The Balaban J connectivity index is 1.60. The molecule has 1 saturated carbocycles. The largest absolute Gasteiger partial charge is 0.396 e. The van der Waals surface area contributed by atoms with Gasteiger partial charge in [0.05, 0.1) is 0 Å². The summed E-state index contributed by atoms with van der Waals surface area (Å²) in [6.45, 7) is 6.92. The lowest BCUT2D eigenvalue weighted by atomic mass is 10.0. The van der Waals surface area contributed by atoms with Crippen molar-refractivity contribution in [1.29, 1.82) is 0 Å². The summed E-state index contributed by atoms with van der Waals surface area (Å²) in [4.78, 5) is 5.27. The standard InChI is InChI=1S/C19H30N2O/c1-16-6-8-17(9-7-16)14-20-11-12-21(18-4-2-3-5-18)19(15-20)10-13-22/h6-9,18-19,22H,2-5,10-15H2,1H3/t19-/m1/s1. The number of nitrogens with zero attached hydrogens (tertiary/aromatic N) is 2. The van der Waals surface area contributed by atoms with Crippen LogP contribution in [0, 0.1) is 6.92 Å². The summed E-state index contributed by atoms with van der Waals surface area (Å²) < 4.78 is 0. The quantitative estimate of drug-likeness (QED) is 0.906. The molecule has 1 aliphatic carbocycles. The highest BCUT2D eigenvalue weighted by molar-refractivity contribution is 5.21. The summed E-state index contributed by atoms with van der Waals surface area (Å²) in [6.07, 6.45) is 6.42. The molecule has 0 bridgehead atoms. The summed E-state index contributed by atoms with van der Waals surface area (Å²) in [5.41, 5.74) is 2.73. The maximum Gasteiger partial charge on any atom is 0.0446 e. The molecule has 0 aromatic heterocycles. The van der Waals surface area contributed by atoms with Crippen LogP contribution in [0.15, 0.2) is 24.3 Å². The van der Waals surface area contributed by atoms with Gasteiger partial charge in [-0.3, -0.25) is 9.80 Å². The molecule has 22 heavy (non-hydrogen) atoms. The van der Waals surface area contributed by atoms with Crippen molar-refractivity contribution in [2.75, 3.05) is 26.2 Å². The van der Waals surface area contributed by atoms with Gasteiger partial charge in [0.2, 0.25) is 0 Å². The van der Waals surface area contributed by atoms with E-state index in [1.807, 2.05) is 0 Å². The van der Waals surface area contributed by atoms with Crippen LogP contribution in [0.5, 0.6) is 0 Å². The fourth-order valence-corrected chi connectivity index (χ4v) is 4.15. The molecule has 2 fully saturated rings. The fourth-order valence-electron chi connectivity index (χ4n) is 4.15. The van der Waals surface area contributed by atoms with Gasteiger partial charge >= 0.3 is 0 Å². The molecular formula is C19H30N2O. The average molecular weight is 302 g/mol. The van der Waals surface area contributed by atoms with E-state index >= 15 is 0 Å². The molecule has 3 heteroatoms. The Morgan fingerprint density at radius 2 is 1.82 bits per heavy atom. The Hall–Kier alpha value is -0.900. The van der Waals surface area contributed by atoms with Crippen LogP contribution in [0.25, 0.3) is 0 Å². The molecule has 122 valence electrons. The van der Waals surface area contributed by atoms with E-state index < -0.39 is 0 Å². The molecule has 1 heterocycles. The fraction of sp³-hybridized carbons (Fsp3) is 0.684. The molecule has 0 amide bonds. The van der Waals surface area contributed by atoms with Crippen LogP contribution in [0.1, 0.15) is 43.2 Å². The van der Waals surface area contributed by atoms with Crippen LogP contribution in [0.2, 0.25) is 0 Å². The van der Waals surface area contributed by atoms with Gasteiger partial charge in [0.25, 0.3) is 0 Å². The zero-order valence-electron chi connectivity index (χ0n) is 13.9. The number of aryl methyl sites for hydroxylation is 1. The number of benzene rings is 1. The molecule has 0 spiro atoms. The van der Waals surface area contributed by atoms with Crippen molar-refractivity contribution in [3.8, 4) is 0 Å². The predicted molar refractivity (Wildman–Crippen MR) is 90.9 cm³/mol. The molecule has 1 N–H and O–H groups in total. The highest BCUT2D eigenvalue weighted by atomic mass is 16.3. The third kappa shape index (κ3) is 3.89.